The van der Waals surface area contributed by atoms with Gasteiger partial charge in [0.2, 0.25) is 10.0 Å². The molecule has 1 N–H and O–H groups in total. The lowest BCUT2D eigenvalue weighted by Gasteiger charge is -2.23. The van der Waals surface area contributed by atoms with E-state index in [-0.39, 0.29) is 28.9 Å². The summed E-state index contributed by atoms with van der Waals surface area (Å²) < 4.78 is 31.8. The summed E-state index contributed by atoms with van der Waals surface area (Å²) in [6.45, 7) is 1.00. The molecule has 3 rings (SSSR count). The maximum atomic E-state index is 12.8. The van der Waals surface area contributed by atoms with E-state index in [0.29, 0.717) is 19.1 Å². The van der Waals surface area contributed by atoms with Crippen LogP contribution >= 0.6 is 12.4 Å². The van der Waals surface area contributed by atoms with Gasteiger partial charge >= 0.3 is 5.97 Å². The number of methoxy groups -OCH3 is 1. The molecule has 1 aromatic rings. The summed E-state index contributed by atoms with van der Waals surface area (Å²) in [5, 5.41) is 3.46. The van der Waals surface area contributed by atoms with Crippen molar-refractivity contribution >= 4 is 28.4 Å². The standard InChI is InChI=1S/C15H20N2O4S.ClH/c1-21-15(18)11-3-2-4-14(9-11)22(19,20)17-8-7-12-5-6-13(10-17)16-12;/h2-4,9,12-13,16H,5-8,10H2,1H3;1H. The Hall–Kier alpha value is -1.15. The Bertz CT molecular complexity index is 680. The van der Waals surface area contributed by atoms with Crippen LogP contribution in [0, 0.1) is 0 Å². The number of nitrogens with one attached hydrogen (secondary N) is 1. The van der Waals surface area contributed by atoms with Gasteiger partial charge in [0.1, 0.15) is 0 Å². The molecule has 2 fully saturated rings. The number of ether oxygens (including phenoxy) is 1. The van der Waals surface area contributed by atoms with Crippen molar-refractivity contribution in [3.8, 4) is 0 Å². The second kappa shape index (κ2) is 7.17. The minimum absolute atomic E-state index is 0. The number of carbonyl (C=O) groups excluding carboxylic acids is 1. The van der Waals surface area contributed by atoms with Crippen molar-refractivity contribution in [2.45, 2.75) is 36.2 Å². The topological polar surface area (TPSA) is 75.7 Å². The van der Waals surface area contributed by atoms with Crippen LogP contribution < -0.4 is 5.32 Å². The van der Waals surface area contributed by atoms with Crippen molar-refractivity contribution in [1.82, 2.24) is 9.62 Å². The van der Waals surface area contributed by atoms with Crippen LogP contribution in [-0.4, -0.2) is 51.0 Å². The Balaban J connectivity index is 0.00000192. The van der Waals surface area contributed by atoms with Crippen molar-refractivity contribution in [3.63, 3.8) is 0 Å². The molecule has 2 heterocycles. The number of esters is 1. The molecule has 2 atom stereocenters. The van der Waals surface area contributed by atoms with E-state index in [0.717, 1.165) is 19.3 Å². The molecule has 0 spiro atoms. The fourth-order valence-electron chi connectivity index (χ4n) is 3.18. The highest BCUT2D eigenvalue weighted by Crippen LogP contribution is 2.25. The van der Waals surface area contributed by atoms with Crippen LogP contribution in [0.3, 0.4) is 0 Å². The summed E-state index contributed by atoms with van der Waals surface area (Å²) >= 11 is 0. The first kappa shape index (κ1) is 18.2. The molecule has 2 aliphatic rings. The van der Waals surface area contributed by atoms with Crippen molar-refractivity contribution in [3.05, 3.63) is 29.8 Å². The quantitative estimate of drug-likeness (QED) is 0.825. The predicted octanol–water partition coefficient (Wildman–Crippen LogP) is 1.41. The number of halogens is 1. The monoisotopic (exact) mass is 360 g/mol. The van der Waals surface area contributed by atoms with Gasteiger partial charge in [0.25, 0.3) is 0 Å². The van der Waals surface area contributed by atoms with Crippen LogP contribution in [0.4, 0.5) is 0 Å². The van der Waals surface area contributed by atoms with E-state index in [4.69, 9.17) is 0 Å². The third kappa shape index (κ3) is 3.68. The summed E-state index contributed by atoms with van der Waals surface area (Å²) in [7, 11) is -2.31. The van der Waals surface area contributed by atoms with Gasteiger partial charge in [-0.05, 0) is 37.5 Å². The molecule has 0 aliphatic carbocycles. The highest BCUT2D eigenvalue weighted by Gasteiger charge is 2.35. The second-order valence-electron chi connectivity index (χ2n) is 5.81. The molecule has 6 nitrogen and oxygen atoms in total. The number of carbonyl (C=O) groups is 1. The fraction of sp³-hybridized carbons (Fsp3) is 0.533. The van der Waals surface area contributed by atoms with Gasteiger partial charge < -0.3 is 10.1 Å². The van der Waals surface area contributed by atoms with Crippen molar-refractivity contribution < 1.29 is 17.9 Å². The maximum absolute atomic E-state index is 12.8. The number of sulfonamides is 1. The van der Waals surface area contributed by atoms with Gasteiger partial charge in [-0.1, -0.05) is 6.07 Å². The van der Waals surface area contributed by atoms with Crippen LogP contribution in [-0.2, 0) is 14.8 Å². The number of benzene rings is 1. The van der Waals surface area contributed by atoms with Gasteiger partial charge in [-0.3, -0.25) is 0 Å². The molecule has 0 aromatic heterocycles. The van der Waals surface area contributed by atoms with E-state index >= 15 is 0 Å². The van der Waals surface area contributed by atoms with Crippen LogP contribution in [0.2, 0.25) is 0 Å². The van der Waals surface area contributed by atoms with Gasteiger partial charge in [0.15, 0.2) is 0 Å². The zero-order valence-electron chi connectivity index (χ0n) is 12.9. The second-order valence-corrected chi connectivity index (χ2v) is 7.75. The summed E-state index contributed by atoms with van der Waals surface area (Å²) in [6.07, 6.45) is 2.96. The molecule has 8 heteroatoms. The van der Waals surface area contributed by atoms with E-state index < -0.39 is 16.0 Å². The number of fused-ring (bicyclic) bond motifs is 2. The SMILES string of the molecule is COC(=O)c1cccc(S(=O)(=O)N2CCC3CCC(C2)N3)c1.Cl. The van der Waals surface area contributed by atoms with Gasteiger partial charge in [-0.2, -0.15) is 4.31 Å². The Morgan fingerprint density at radius 2 is 2.00 bits per heavy atom. The lowest BCUT2D eigenvalue weighted by atomic mass is 10.1. The Kier molecular flexibility index (Phi) is 5.67. The third-order valence-electron chi connectivity index (χ3n) is 4.38. The maximum Gasteiger partial charge on any atom is 0.337 e. The molecule has 2 aliphatic heterocycles. The van der Waals surface area contributed by atoms with E-state index in [9.17, 15) is 13.2 Å². The Morgan fingerprint density at radius 3 is 2.74 bits per heavy atom. The summed E-state index contributed by atoms with van der Waals surface area (Å²) in [6, 6.07) is 6.69. The van der Waals surface area contributed by atoms with Gasteiger partial charge in [0, 0.05) is 25.2 Å². The van der Waals surface area contributed by atoms with Crippen LogP contribution in [0.1, 0.15) is 29.6 Å². The van der Waals surface area contributed by atoms with Crippen molar-refractivity contribution in [2.24, 2.45) is 0 Å². The van der Waals surface area contributed by atoms with E-state index in [1.807, 2.05) is 0 Å². The first-order valence-corrected chi connectivity index (χ1v) is 8.89. The lowest BCUT2D eigenvalue weighted by Crippen LogP contribution is -2.39. The molecule has 2 bridgehead atoms. The zero-order valence-corrected chi connectivity index (χ0v) is 14.5. The van der Waals surface area contributed by atoms with Crippen molar-refractivity contribution in [1.29, 1.82) is 0 Å². The lowest BCUT2D eigenvalue weighted by molar-refractivity contribution is 0.0600. The molecule has 23 heavy (non-hydrogen) atoms. The Morgan fingerprint density at radius 1 is 1.26 bits per heavy atom. The molecule has 128 valence electrons. The first-order valence-electron chi connectivity index (χ1n) is 7.45. The van der Waals surface area contributed by atoms with Crippen molar-refractivity contribution in [2.75, 3.05) is 20.2 Å². The first-order chi connectivity index (χ1) is 10.5. The minimum atomic E-state index is -3.59. The smallest absolute Gasteiger partial charge is 0.337 e. The largest absolute Gasteiger partial charge is 0.465 e. The molecule has 0 saturated carbocycles. The molecule has 0 radical (unpaired) electrons. The van der Waals surface area contributed by atoms with E-state index in [2.05, 4.69) is 10.1 Å². The predicted molar refractivity (Wildman–Crippen MR) is 88.4 cm³/mol. The molecular weight excluding hydrogens is 340 g/mol. The molecular formula is C15H21ClN2O4S. The van der Waals surface area contributed by atoms with Crippen LogP contribution in [0.25, 0.3) is 0 Å². The van der Waals surface area contributed by atoms with Gasteiger partial charge in [0.05, 0.1) is 17.6 Å². The number of nitrogens with zero attached hydrogens (tertiary/aromatic N) is 1. The molecule has 0 amide bonds. The average molecular weight is 361 g/mol. The molecule has 1 aromatic carbocycles. The number of rotatable bonds is 3. The van der Waals surface area contributed by atoms with Gasteiger partial charge in [-0.15, -0.1) is 12.4 Å². The highest BCUT2D eigenvalue weighted by molar-refractivity contribution is 7.89. The third-order valence-corrected chi connectivity index (χ3v) is 6.24. The van der Waals surface area contributed by atoms with Gasteiger partial charge in [-0.25, -0.2) is 13.2 Å². The number of hydrogen-bond acceptors (Lipinski definition) is 5. The fourth-order valence-corrected chi connectivity index (χ4v) is 4.73. The summed E-state index contributed by atoms with van der Waals surface area (Å²) in [5.41, 5.74) is 0.248. The van der Waals surface area contributed by atoms with E-state index in [1.165, 1.54) is 23.5 Å². The van der Waals surface area contributed by atoms with E-state index in [1.54, 1.807) is 12.1 Å². The highest BCUT2D eigenvalue weighted by atomic mass is 35.5. The van der Waals surface area contributed by atoms with Crippen LogP contribution in [0.15, 0.2) is 29.2 Å². The summed E-state index contributed by atoms with van der Waals surface area (Å²) in [4.78, 5) is 11.7. The average Bonchev–Trinajstić information content (AvgIpc) is 2.85. The minimum Gasteiger partial charge on any atom is -0.465 e. The Labute approximate surface area is 142 Å². The zero-order chi connectivity index (χ0) is 15.7. The number of hydrogen-bond donors (Lipinski definition) is 1. The molecule has 2 saturated heterocycles. The summed E-state index contributed by atoms with van der Waals surface area (Å²) in [5.74, 6) is -0.534. The molecule has 2 unspecified atom stereocenters. The normalized spacial score (nSPS) is 24.6. The van der Waals surface area contributed by atoms with Crippen LogP contribution in [0.5, 0.6) is 0 Å².